The van der Waals surface area contributed by atoms with Gasteiger partial charge in [-0.1, -0.05) is 42.5 Å². The summed E-state index contributed by atoms with van der Waals surface area (Å²) in [6.45, 7) is 1.30. The number of rotatable bonds is 1. The van der Waals surface area contributed by atoms with Crippen molar-refractivity contribution in [3.8, 4) is 0 Å². The van der Waals surface area contributed by atoms with Crippen molar-refractivity contribution in [2.24, 2.45) is 0 Å². The molecule has 1 radical (unpaired) electrons. The Bertz CT molecular complexity index is 467. The fourth-order valence-corrected chi connectivity index (χ4v) is 1.87. The van der Waals surface area contributed by atoms with Crippen molar-refractivity contribution >= 4 is 10.8 Å². The minimum absolute atomic E-state index is 0.651. The van der Waals surface area contributed by atoms with E-state index in [4.69, 9.17) is 9.47 Å². The third-order valence-electron chi connectivity index (χ3n) is 2.56. The molecule has 0 saturated carbocycles. The molecule has 1 fully saturated rings. The zero-order valence-corrected chi connectivity index (χ0v) is 8.27. The van der Waals surface area contributed by atoms with Crippen LogP contribution in [0.1, 0.15) is 5.56 Å². The fourth-order valence-electron chi connectivity index (χ4n) is 1.87. The van der Waals surface area contributed by atoms with Gasteiger partial charge in [-0.15, -0.1) is 0 Å². The van der Waals surface area contributed by atoms with Crippen LogP contribution in [0.25, 0.3) is 10.8 Å². The van der Waals surface area contributed by atoms with Gasteiger partial charge in [0.05, 0.1) is 13.2 Å². The van der Waals surface area contributed by atoms with Gasteiger partial charge < -0.3 is 9.47 Å². The van der Waals surface area contributed by atoms with Gasteiger partial charge in [-0.3, -0.25) is 0 Å². The summed E-state index contributed by atoms with van der Waals surface area (Å²) < 4.78 is 10.9. The Hall–Kier alpha value is -1.38. The lowest BCUT2D eigenvalue weighted by atomic mass is 10.0. The normalized spacial score (nSPS) is 17.3. The van der Waals surface area contributed by atoms with Crippen molar-refractivity contribution < 1.29 is 9.47 Å². The van der Waals surface area contributed by atoms with Gasteiger partial charge in [0.1, 0.15) is 0 Å². The van der Waals surface area contributed by atoms with Crippen molar-refractivity contribution in [1.29, 1.82) is 0 Å². The maximum atomic E-state index is 5.44. The second-order valence-electron chi connectivity index (χ2n) is 3.51. The molecule has 2 aromatic rings. The van der Waals surface area contributed by atoms with Gasteiger partial charge in [-0.2, -0.15) is 0 Å². The van der Waals surface area contributed by atoms with Crippen LogP contribution in [0.2, 0.25) is 0 Å². The van der Waals surface area contributed by atoms with E-state index in [-0.39, 0.29) is 0 Å². The van der Waals surface area contributed by atoms with Crippen LogP contribution in [0.5, 0.6) is 0 Å². The summed E-state index contributed by atoms with van der Waals surface area (Å²) >= 11 is 0. The largest absolute Gasteiger partial charge is 0.339 e. The van der Waals surface area contributed by atoms with E-state index in [9.17, 15) is 0 Å². The standard InChI is InChI=1S/C13H11O2/c1-2-6-11-10(4-1)5-3-7-12(11)13-14-8-9-15-13/h1-7H,8-9H2. The predicted molar refractivity (Wildman–Crippen MR) is 58.2 cm³/mol. The summed E-state index contributed by atoms with van der Waals surface area (Å²) in [6.07, 6.45) is 0.659. The van der Waals surface area contributed by atoms with E-state index in [0.717, 1.165) is 5.56 Å². The zero-order valence-electron chi connectivity index (χ0n) is 8.27. The zero-order chi connectivity index (χ0) is 10.1. The van der Waals surface area contributed by atoms with E-state index in [0.29, 0.717) is 19.5 Å². The first-order chi connectivity index (χ1) is 7.45. The Balaban J connectivity index is 2.16. The molecule has 0 spiro atoms. The van der Waals surface area contributed by atoms with Gasteiger partial charge in [0.15, 0.2) is 0 Å². The summed E-state index contributed by atoms with van der Waals surface area (Å²) in [5.41, 5.74) is 1.05. The molecule has 2 nitrogen and oxygen atoms in total. The maximum Gasteiger partial charge on any atom is 0.256 e. The van der Waals surface area contributed by atoms with Crippen LogP contribution in [0, 0.1) is 6.29 Å². The molecule has 0 aromatic heterocycles. The van der Waals surface area contributed by atoms with Gasteiger partial charge in [-0.05, 0) is 10.8 Å². The molecule has 0 atom stereocenters. The topological polar surface area (TPSA) is 18.5 Å². The lowest BCUT2D eigenvalue weighted by Crippen LogP contribution is -1.99. The molecular formula is C13H11O2. The number of hydrogen-bond acceptors (Lipinski definition) is 2. The molecule has 3 rings (SSSR count). The quantitative estimate of drug-likeness (QED) is 0.703. The van der Waals surface area contributed by atoms with Crippen LogP contribution in [0.15, 0.2) is 42.5 Å². The molecule has 2 heteroatoms. The highest BCUT2D eigenvalue weighted by molar-refractivity contribution is 5.86. The molecule has 1 aliphatic heterocycles. The molecule has 1 saturated heterocycles. The van der Waals surface area contributed by atoms with E-state index in [1.165, 1.54) is 10.8 Å². The molecule has 2 aromatic carbocycles. The van der Waals surface area contributed by atoms with E-state index < -0.39 is 0 Å². The lowest BCUT2D eigenvalue weighted by Gasteiger charge is -2.10. The Morgan fingerprint density at radius 2 is 1.53 bits per heavy atom. The number of ether oxygens (including phenoxy) is 2. The molecule has 0 N–H and O–H groups in total. The van der Waals surface area contributed by atoms with Crippen molar-refractivity contribution in [2.75, 3.05) is 13.2 Å². The van der Waals surface area contributed by atoms with E-state index in [1.807, 2.05) is 24.3 Å². The first kappa shape index (κ1) is 8.89. The molecule has 1 aliphatic rings. The highest BCUT2D eigenvalue weighted by Gasteiger charge is 2.22. The highest BCUT2D eigenvalue weighted by Crippen LogP contribution is 2.28. The molecule has 1 heterocycles. The fraction of sp³-hybridized carbons (Fsp3) is 0.154. The average molecular weight is 199 g/mol. The molecule has 0 bridgehead atoms. The monoisotopic (exact) mass is 199 g/mol. The molecule has 75 valence electrons. The highest BCUT2D eigenvalue weighted by atomic mass is 16.7. The lowest BCUT2D eigenvalue weighted by molar-refractivity contribution is 0.101. The molecular weight excluding hydrogens is 188 g/mol. The van der Waals surface area contributed by atoms with Gasteiger partial charge in [-0.25, -0.2) is 0 Å². The first-order valence-electron chi connectivity index (χ1n) is 5.06. The van der Waals surface area contributed by atoms with Crippen LogP contribution in [-0.2, 0) is 9.47 Å². The van der Waals surface area contributed by atoms with Crippen molar-refractivity contribution in [3.05, 3.63) is 54.3 Å². The third kappa shape index (κ3) is 1.52. The van der Waals surface area contributed by atoms with E-state index in [2.05, 4.69) is 18.2 Å². The summed E-state index contributed by atoms with van der Waals surface area (Å²) in [7, 11) is 0. The van der Waals surface area contributed by atoms with Gasteiger partial charge >= 0.3 is 0 Å². The van der Waals surface area contributed by atoms with Crippen LogP contribution in [0.3, 0.4) is 0 Å². The Kier molecular flexibility index (Phi) is 2.16. The number of fused-ring (bicyclic) bond motifs is 1. The van der Waals surface area contributed by atoms with E-state index >= 15 is 0 Å². The second kappa shape index (κ2) is 3.65. The van der Waals surface area contributed by atoms with Gasteiger partial charge in [0.2, 0.25) is 0 Å². The third-order valence-corrected chi connectivity index (χ3v) is 2.56. The van der Waals surface area contributed by atoms with E-state index in [1.54, 1.807) is 0 Å². The van der Waals surface area contributed by atoms with Crippen molar-refractivity contribution in [2.45, 2.75) is 0 Å². The van der Waals surface area contributed by atoms with Crippen molar-refractivity contribution in [1.82, 2.24) is 0 Å². The number of benzene rings is 2. The smallest absolute Gasteiger partial charge is 0.256 e. The summed E-state index contributed by atoms with van der Waals surface area (Å²) in [5.74, 6) is 0. The van der Waals surface area contributed by atoms with Crippen LogP contribution >= 0.6 is 0 Å². The van der Waals surface area contributed by atoms with Crippen LogP contribution in [-0.4, -0.2) is 13.2 Å². The Morgan fingerprint density at radius 1 is 0.800 bits per heavy atom. The minimum atomic E-state index is 0.651. The minimum Gasteiger partial charge on any atom is -0.339 e. The average Bonchev–Trinajstić information content (AvgIpc) is 2.82. The first-order valence-corrected chi connectivity index (χ1v) is 5.06. The van der Waals surface area contributed by atoms with Gasteiger partial charge in [0, 0.05) is 5.56 Å². The Morgan fingerprint density at radius 3 is 2.40 bits per heavy atom. The summed E-state index contributed by atoms with van der Waals surface area (Å²) in [5, 5.41) is 2.39. The summed E-state index contributed by atoms with van der Waals surface area (Å²) in [4.78, 5) is 0. The molecule has 0 unspecified atom stereocenters. The second-order valence-corrected chi connectivity index (χ2v) is 3.51. The molecule has 0 aliphatic carbocycles. The Labute approximate surface area is 88.4 Å². The number of hydrogen-bond donors (Lipinski definition) is 0. The molecule has 0 amide bonds. The maximum absolute atomic E-state index is 5.44. The van der Waals surface area contributed by atoms with Crippen molar-refractivity contribution in [3.63, 3.8) is 0 Å². The SMILES string of the molecule is c1ccc2c([C]3OCCO3)cccc2c1. The molecule has 15 heavy (non-hydrogen) atoms. The summed E-state index contributed by atoms with van der Waals surface area (Å²) in [6, 6.07) is 14.4. The predicted octanol–water partition coefficient (Wildman–Crippen LogP) is 2.72. The van der Waals surface area contributed by atoms with Gasteiger partial charge in [0.25, 0.3) is 6.29 Å². The van der Waals surface area contributed by atoms with Crippen LogP contribution < -0.4 is 0 Å². The van der Waals surface area contributed by atoms with Crippen LogP contribution in [0.4, 0.5) is 0 Å².